The molecule has 0 aliphatic carbocycles. The molecule has 0 aliphatic rings. The number of aryl methyl sites for hydroxylation is 1. The lowest BCUT2D eigenvalue weighted by Crippen LogP contribution is -2.32. The van der Waals surface area contributed by atoms with Crippen LogP contribution in [0.2, 0.25) is 0 Å². The Bertz CT molecular complexity index is 1400. The molecule has 236 valence electrons. The fourth-order valence-electron chi connectivity index (χ4n) is 4.98. The summed E-state index contributed by atoms with van der Waals surface area (Å²) in [5.41, 5.74) is 2.19. The summed E-state index contributed by atoms with van der Waals surface area (Å²) in [4.78, 5) is 31.5. The van der Waals surface area contributed by atoms with Gasteiger partial charge in [-0.3, -0.25) is 4.79 Å². The summed E-state index contributed by atoms with van der Waals surface area (Å²) in [5.74, 6) is 2.15. The maximum atomic E-state index is 13.1. The van der Waals surface area contributed by atoms with Crippen LogP contribution < -0.4 is 25.7 Å². The molecule has 10 nitrogen and oxygen atoms in total. The minimum absolute atomic E-state index is 0.0754. The van der Waals surface area contributed by atoms with Crippen LogP contribution in [-0.4, -0.2) is 67.5 Å². The number of carbonyl (C=O) groups is 1. The number of hydrogen-bond acceptors (Lipinski definition) is 8. The van der Waals surface area contributed by atoms with Crippen molar-refractivity contribution in [2.24, 2.45) is 7.05 Å². The highest BCUT2D eigenvalue weighted by Gasteiger charge is 2.18. The molecular weight excluding hydrogens is 546 g/mol. The first-order valence-corrected chi connectivity index (χ1v) is 15.0. The Morgan fingerprint density at radius 3 is 2.12 bits per heavy atom. The average Bonchev–Trinajstić information content (AvgIpc) is 2.94. The van der Waals surface area contributed by atoms with Crippen molar-refractivity contribution in [2.45, 2.75) is 71.4 Å². The van der Waals surface area contributed by atoms with Gasteiger partial charge >= 0.3 is 6.09 Å². The lowest BCUT2D eigenvalue weighted by Gasteiger charge is -2.19. The van der Waals surface area contributed by atoms with Crippen molar-refractivity contribution >= 4 is 22.7 Å². The minimum Gasteiger partial charge on any atom is -0.496 e. The number of anilines is 1. The molecule has 3 aromatic rings. The summed E-state index contributed by atoms with van der Waals surface area (Å²) in [6.07, 6.45) is 9.61. The number of unbranched alkanes of at least 4 members (excludes halogenated alkanes) is 5. The number of amides is 1. The minimum atomic E-state index is -0.472. The summed E-state index contributed by atoms with van der Waals surface area (Å²) in [5, 5.41) is 7.57. The van der Waals surface area contributed by atoms with Gasteiger partial charge in [0, 0.05) is 50.0 Å². The maximum Gasteiger partial charge on any atom is 0.407 e. The van der Waals surface area contributed by atoms with Crippen LogP contribution >= 0.6 is 0 Å². The largest absolute Gasteiger partial charge is 0.496 e. The Hall–Kier alpha value is -3.79. The van der Waals surface area contributed by atoms with Crippen molar-refractivity contribution in [1.29, 1.82) is 0 Å². The first-order valence-electron chi connectivity index (χ1n) is 15.0. The van der Waals surface area contributed by atoms with Crippen LogP contribution in [0.4, 0.5) is 10.6 Å². The molecule has 1 aromatic carbocycles. The lowest BCUT2D eigenvalue weighted by atomic mass is 9.99. The first-order chi connectivity index (χ1) is 20.4. The van der Waals surface area contributed by atoms with Crippen molar-refractivity contribution < 1.29 is 19.0 Å². The molecule has 0 atom stereocenters. The number of fused-ring (bicyclic) bond motifs is 1. The van der Waals surface area contributed by atoms with Gasteiger partial charge in [0.2, 0.25) is 0 Å². The van der Waals surface area contributed by atoms with Gasteiger partial charge in [0.1, 0.15) is 22.9 Å². The highest BCUT2D eigenvalue weighted by Crippen LogP contribution is 2.37. The van der Waals surface area contributed by atoms with Crippen LogP contribution in [0.1, 0.15) is 64.9 Å². The van der Waals surface area contributed by atoms with E-state index in [2.05, 4.69) is 20.5 Å². The maximum absolute atomic E-state index is 13.1. The monoisotopic (exact) mass is 595 g/mol. The molecule has 0 saturated carbocycles. The second-order valence-corrected chi connectivity index (χ2v) is 12.1. The van der Waals surface area contributed by atoms with Crippen molar-refractivity contribution in [3.63, 3.8) is 0 Å². The molecule has 0 bridgehead atoms. The Balaban J connectivity index is 1.59. The van der Waals surface area contributed by atoms with E-state index in [-0.39, 0.29) is 11.7 Å². The molecule has 2 aromatic heterocycles. The molecule has 0 aliphatic heterocycles. The zero-order chi connectivity index (χ0) is 31.6. The number of carbonyl (C=O) groups excluding carboxylic acids is 1. The van der Waals surface area contributed by atoms with Gasteiger partial charge < -0.3 is 34.3 Å². The van der Waals surface area contributed by atoms with Crippen molar-refractivity contribution in [3.8, 4) is 22.6 Å². The summed E-state index contributed by atoms with van der Waals surface area (Å²) in [6.45, 7) is 7.66. The number of benzene rings is 1. The molecule has 2 N–H and O–H groups in total. The molecule has 3 rings (SSSR count). The Morgan fingerprint density at radius 1 is 0.930 bits per heavy atom. The molecule has 0 unspecified atom stereocenters. The quantitative estimate of drug-likeness (QED) is 0.208. The van der Waals surface area contributed by atoms with Gasteiger partial charge in [-0.05, 0) is 71.5 Å². The number of nitrogens with one attached hydrogen (secondary N) is 2. The Morgan fingerprint density at radius 2 is 1.53 bits per heavy atom. The van der Waals surface area contributed by atoms with E-state index in [1.807, 2.05) is 59.3 Å². The average molecular weight is 596 g/mol. The third kappa shape index (κ3) is 9.88. The van der Waals surface area contributed by atoms with Crippen LogP contribution in [0.3, 0.4) is 0 Å². The summed E-state index contributed by atoms with van der Waals surface area (Å²) >= 11 is 0. The number of ether oxygens (including phenoxy) is 3. The smallest absolute Gasteiger partial charge is 0.407 e. The SMILES string of the molecule is COc1cc(-c2cn(C)c(=O)c3cc(NCCCCCCCCNC(=O)OC(C)(C)C)ncc23)cc(OC)c1CN(C)C. The van der Waals surface area contributed by atoms with Crippen molar-refractivity contribution in [1.82, 2.24) is 19.8 Å². The highest BCUT2D eigenvalue weighted by molar-refractivity contribution is 5.96. The van der Waals surface area contributed by atoms with E-state index in [1.165, 1.54) is 0 Å². The van der Waals surface area contributed by atoms with Crippen molar-refractivity contribution in [2.75, 3.05) is 46.7 Å². The molecule has 2 heterocycles. The number of hydrogen-bond donors (Lipinski definition) is 2. The summed E-state index contributed by atoms with van der Waals surface area (Å²) < 4.78 is 18.3. The summed E-state index contributed by atoms with van der Waals surface area (Å²) in [7, 11) is 9.08. The van der Waals surface area contributed by atoms with E-state index >= 15 is 0 Å². The zero-order valence-electron chi connectivity index (χ0n) is 27.1. The predicted octanol–water partition coefficient (Wildman–Crippen LogP) is 5.96. The second-order valence-electron chi connectivity index (χ2n) is 12.1. The predicted molar refractivity (Wildman–Crippen MR) is 173 cm³/mol. The van der Waals surface area contributed by atoms with Gasteiger partial charge in [0.25, 0.3) is 5.56 Å². The molecule has 1 amide bonds. The fraction of sp³-hybridized carbons (Fsp3) is 0.545. The van der Waals surface area contributed by atoms with E-state index in [4.69, 9.17) is 14.2 Å². The van der Waals surface area contributed by atoms with Gasteiger partial charge in [0.05, 0.1) is 25.2 Å². The molecular formula is C33H49N5O5. The number of rotatable bonds is 15. The second kappa shape index (κ2) is 15.6. The normalized spacial score (nSPS) is 11.6. The number of alkyl carbamates (subject to hydrolysis) is 1. The summed E-state index contributed by atoms with van der Waals surface area (Å²) in [6, 6.07) is 5.82. The molecule has 0 fully saturated rings. The number of pyridine rings is 2. The fourth-order valence-corrected chi connectivity index (χ4v) is 4.98. The van der Waals surface area contributed by atoms with Gasteiger partial charge in [-0.1, -0.05) is 25.7 Å². The standard InChI is InChI=1S/C33H49N5O5/c1-33(2,3)43-32(40)35-16-14-12-10-9-11-13-15-34-30-19-24-25(20-36-30)26(22-38(6)31(24)39)23-17-28(41-7)27(21-37(4)5)29(18-23)42-8/h17-20,22H,9-16,21H2,1-8H3,(H,34,36)(H,35,40). The zero-order valence-corrected chi connectivity index (χ0v) is 27.1. The number of nitrogens with zero attached hydrogens (tertiary/aromatic N) is 3. The molecule has 0 spiro atoms. The van der Waals surface area contributed by atoms with E-state index in [9.17, 15) is 9.59 Å². The Kier molecular flexibility index (Phi) is 12.2. The molecule has 0 radical (unpaired) electrons. The van der Waals surface area contributed by atoms with Crippen molar-refractivity contribution in [3.05, 3.63) is 46.5 Å². The lowest BCUT2D eigenvalue weighted by molar-refractivity contribution is 0.0527. The van der Waals surface area contributed by atoms with Gasteiger partial charge in [-0.25, -0.2) is 9.78 Å². The van der Waals surface area contributed by atoms with Crippen LogP contribution in [-0.2, 0) is 18.3 Å². The van der Waals surface area contributed by atoms with Crippen LogP contribution in [0, 0.1) is 0 Å². The van der Waals surface area contributed by atoms with Gasteiger partial charge in [-0.15, -0.1) is 0 Å². The van der Waals surface area contributed by atoms with Crippen LogP contribution in [0.25, 0.3) is 21.9 Å². The van der Waals surface area contributed by atoms with E-state index in [0.717, 1.165) is 78.6 Å². The topological polar surface area (TPSA) is 107 Å². The van der Waals surface area contributed by atoms with Gasteiger partial charge in [-0.2, -0.15) is 0 Å². The first kappa shape index (κ1) is 33.7. The molecule has 10 heteroatoms. The van der Waals surface area contributed by atoms with E-state index < -0.39 is 5.60 Å². The highest BCUT2D eigenvalue weighted by atomic mass is 16.6. The van der Waals surface area contributed by atoms with E-state index in [0.29, 0.717) is 24.3 Å². The third-order valence-electron chi connectivity index (χ3n) is 7.04. The third-order valence-corrected chi connectivity index (χ3v) is 7.04. The number of aromatic nitrogens is 2. The van der Waals surface area contributed by atoms with Crippen LogP contribution in [0.15, 0.2) is 35.4 Å². The molecule has 43 heavy (non-hydrogen) atoms. The van der Waals surface area contributed by atoms with Crippen LogP contribution in [0.5, 0.6) is 11.5 Å². The Labute approximate surface area is 255 Å². The number of methoxy groups -OCH3 is 2. The van der Waals surface area contributed by atoms with E-state index in [1.54, 1.807) is 32.0 Å². The molecule has 0 saturated heterocycles. The van der Waals surface area contributed by atoms with Gasteiger partial charge in [0.15, 0.2) is 0 Å².